The van der Waals surface area contributed by atoms with Crippen molar-refractivity contribution in [2.75, 3.05) is 0 Å². The summed E-state index contributed by atoms with van der Waals surface area (Å²) in [6.07, 6.45) is 8.77. The van der Waals surface area contributed by atoms with Crippen LogP contribution in [0.5, 0.6) is 0 Å². The van der Waals surface area contributed by atoms with Crippen molar-refractivity contribution in [1.29, 1.82) is 0 Å². The second-order valence-electron chi connectivity index (χ2n) is 2.89. The van der Waals surface area contributed by atoms with Gasteiger partial charge in [0.05, 0.1) is 5.69 Å². The Morgan fingerprint density at radius 2 is 2.20 bits per heavy atom. The van der Waals surface area contributed by atoms with E-state index in [4.69, 9.17) is 0 Å². The summed E-state index contributed by atoms with van der Waals surface area (Å²) >= 11 is 0. The molecule has 0 atom stereocenters. The van der Waals surface area contributed by atoms with E-state index >= 15 is 0 Å². The molecule has 0 N–H and O–H groups in total. The molecule has 48 valence electrons. The Morgan fingerprint density at radius 3 is 2.70 bits per heavy atom. The first-order valence-electron chi connectivity index (χ1n) is 3.64. The van der Waals surface area contributed by atoms with E-state index in [1.165, 1.54) is 29.7 Å². The smallest absolute Gasteiger partial charge is 0.0705 e. The van der Waals surface area contributed by atoms with Gasteiger partial charge < -0.3 is 0 Å². The Labute approximate surface area is 59.4 Å². The van der Waals surface area contributed by atoms with Crippen LogP contribution in [-0.2, 0) is 12.8 Å². The molecule has 1 heterocycles. The molecule has 2 aliphatic carbocycles. The Bertz CT molecular complexity index is 337. The summed E-state index contributed by atoms with van der Waals surface area (Å²) in [5.41, 5.74) is 5.61. The van der Waals surface area contributed by atoms with Crippen LogP contribution >= 0.6 is 0 Å². The van der Waals surface area contributed by atoms with Crippen LogP contribution in [-0.4, -0.2) is 4.98 Å². The molecule has 0 saturated heterocycles. The van der Waals surface area contributed by atoms with Gasteiger partial charge in [0.1, 0.15) is 0 Å². The van der Waals surface area contributed by atoms with Crippen molar-refractivity contribution in [3.63, 3.8) is 0 Å². The molecular formula is C9H7N. The quantitative estimate of drug-likeness (QED) is 0.527. The zero-order valence-electron chi connectivity index (χ0n) is 5.59. The van der Waals surface area contributed by atoms with Crippen LogP contribution in [0.1, 0.15) is 22.4 Å². The van der Waals surface area contributed by atoms with E-state index in [2.05, 4.69) is 17.1 Å². The molecule has 0 aliphatic heterocycles. The average Bonchev–Trinajstić information content (AvgIpc) is 1.84. The first-order chi connectivity index (χ1) is 4.95. The van der Waals surface area contributed by atoms with Crippen molar-refractivity contribution < 1.29 is 0 Å². The summed E-state index contributed by atoms with van der Waals surface area (Å²) in [5, 5.41) is 0. The molecule has 1 aromatic heterocycles. The number of hydrogen-bond acceptors (Lipinski definition) is 1. The van der Waals surface area contributed by atoms with Gasteiger partial charge in [-0.1, -0.05) is 6.08 Å². The van der Waals surface area contributed by atoms with Crippen molar-refractivity contribution in [1.82, 2.24) is 4.98 Å². The second-order valence-corrected chi connectivity index (χ2v) is 2.89. The summed E-state index contributed by atoms with van der Waals surface area (Å²) in [6, 6.07) is 0. The molecular weight excluding hydrogens is 122 g/mol. The van der Waals surface area contributed by atoms with E-state index in [1.807, 2.05) is 6.20 Å². The van der Waals surface area contributed by atoms with Crippen LogP contribution in [0.15, 0.2) is 6.20 Å². The minimum Gasteiger partial charge on any atom is -0.256 e. The van der Waals surface area contributed by atoms with Crippen molar-refractivity contribution in [2.24, 2.45) is 0 Å². The molecule has 1 nitrogen and oxygen atoms in total. The fraction of sp³-hybridized carbons (Fsp3) is 0.222. The number of nitrogens with zero attached hydrogens (tertiary/aromatic N) is 1. The maximum Gasteiger partial charge on any atom is 0.0705 e. The third-order valence-corrected chi connectivity index (χ3v) is 2.40. The van der Waals surface area contributed by atoms with Gasteiger partial charge in [0.25, 0.3) is 0 Å². The van der Waals surface area contributed by atoms with Gasteiger partial charge in [-0.15, -0.1) is 0 Å². The van der Waals surface area contributed by atoms with Gasteiger partial charge in [-0.05, 0) is 30.0 Å². The molecule has 0 amide bonds. The molecule has 1 aromatic rings. The van der Waals surface area contributed by atoms with Crippen LogP contribution in [0.4, 0.5) is 0 Å². The van der Waals surface area contributed by atoms with Crippen LogP contribution in [0.2, 0.25) is 0 Å². The van der Waals surface area contributed by atoms with E-state index in [0.29, 0.717) is 0 Å². The van der Waals surface area contributed by atoms with Gasteiger partial charge in [-0.3, -0.25) is 4.98 Å². The third-order valence-electron chi connectivity index (χ3n) is 2.40. The number of rotatable bonds is 0. The van der Waals surface area contributed by atoms with Crippen LogP contribution in [0, 0.1) is 0 Å². The Morgan fingerprint density at radius 1 is 1.20 bits per heavy atom. The fourth-order valence-electron chi connectivity index (χ4n) is 1.60. The van der Waals surface area contributed by atoms with Gasteiger partial charge in [-0.2, -0.15) is 0 Å². The Balaban J connectivity index is 2.38. The first kappa shape index (κ1) is 4.67. The number of hydrogen-bond donors (Lipinski definition) is 0. The highest BCUT2D eigenvalue weighted by Crippen LogP contribution is 2.33. The average molecular weight is 129 g/mol. The summed E-state index contributed by atoms with van der Waals surface area (Å²) in [7, 11) is 0. The van der Waals surface area contributed by atoms with Crippen LogP contribution in [0.3, 0.4) is 0 Å². The number of fused-ring (bicyclic) bond motifs is 3. The van der Waals surface area contributed by atoms with E-state index in [0.717, 1.165) is 0 Å². The summed E-state index contributed by atoms with van der Waals surface area (Å²) < 4.78 is 0. The van der Waals surface area contributed by atoms with Gasteiger partial charge in [0.2, 0.25) is 0 Å². The highest BCUT2D eigenvalue weighted by Gasteiger charge is 2.21. The van der Waals surface area contributed by atoms with Crippen LogP contribution in [0.25, 0.3) is 12.2 Å². The molecule has 2 aliphatic rings. The van der Waals surface area contributed by atoms with E-state index in [-0.39, 0.29) is 0 Å². The highest BCUT2D eigenvalue weighted by atomic mass is 14.7. The van der Waals surface area contributed by atoms with Gasteiger partial charge in [-0.25, -0.2) is 0 Å². The standard InChI is InChI=1S/C9H7N/c1-2-7-6(1)5-10-9-4-3-8(7)9/h3-5H,1-2H2. The van der Waals surface area contributed by atoms with Gasteiger partial charge in [0.15, 0.2) is 0 Å². The highest BCUT2D eigenvalue weighted by molar-refractivity contribution is 5.86. The number of pyridine rings is 1. The maximum absolute atomic E-state index is 4.29. The predicted octanol–water partition coefficient (Wildman–Crippen LogP) is 1.66. The lowest BCUT2D eigenvalue weighted by atomic mass is 9.82. The van der Waals surface area contributed by atoms with Crippen LogP contribution < -0.4 is 0 Å². The lowest BCUT2D eigenvalue weighted by Gasteiger charge is -2.24. The summed E-state index contributed by atoms with van der Waals surface area (Å²) in [4.78, 5) is 4.29. The van der Waals surface area contributed by atoms with E-state index in [1.54, 1.807) is 5.56 Å². The van der Waals surface area contributed by atoms with Crippen molar-refractivity contribution in [3.05, 3.63) is 28.6 Å². The molecule has 10 heavy (non-hydrogen) atoms. The summed E-state index contributed by atoms with van der Waals surface area (Å²) in [6.45, 7) is 0. The predicted molar refractivity (Wildman–Crippen MR) is 40.6 cm³/mol. The SMILES string of the molecule is C1=Cc2c1ncc1c2CC1. The minimum absolute atomic E-state index is 1.19. The maximum atomic E-state index is 4.29. The van der Waals surface area contributed by atoms with E-state index < -0.39 is 0 Å². The van der Waals surface area contributed by atoms with Crippen molar-refractivity contribution in [3.8, 4) is 0 Å². The molecule has 0 saturated carbocycles. The first-order valence-corrected chi connectivity index (χ1v) is 3.64. The molecule has 0 radical (unpaired) electrons. The summed E-state index contributed by atoms with van der Waals surface area (Å²) in [5.74, 6) is 0. The molecule has 3 rings (SSSR count). The zero-order valence-corrected chi connectivity index (χ0v) is 5.59. The van der Waals surface area contributed by atoms with Gasteiger partial charge in [0, 0.05) is 11.8 Å². The second kappa shape index (κ2) is 1.31. The normalized spacial score (nSPS) is 16.8. The molecule has 0 bridgehead atoms. The molecule has 1 heteroatoms. The topological polar surface area (TPSA) is 12.9 Å². The molecule has 0 spiro atoms. The Hall–Kier alpha value is -1.11. The Kier molecular flexibility index (Phi) is 0.613. The largest absolute Gasteiger partial charge is 0.256 e. The third kappa shape index (κ3) is 0.357. The number of aryl methyl sites for hydroxylation is 1. The molecule has 0 unspecified atom stereocenters. The molecule has 0 aromatic carbocycles. The lowest BCUT2D eigenvalue weighted by molar-refractivity contribution is 0.819. The van der Waals surface area contributed by atoms with Crippen molar-refractivity contribution >= 4 is 12.2 Å². The van der Waals surface area contributed by atoms with Crippen molar-refractivity contribution in [2.45, 2.75) is 12.8 Å². The monoisotopic (exact) mass is 129 g/mol. The lowest BCUT2D eigenvalue weighted by Crippen LogP contribution is -2.14. The zero-order chi connectivity index (χ0) is 6.55. The number of aromatic nitrogens is 1. The molecule has 0 fully saturated rings. The fourth-order valence-corrected chi connectivity index (χ4v) is 1.60. The van der Waals surface area contributed by atoms with Gasteiger partial charge >= 0.3 is 0 Å². The minimum atomic E-state index is 1.19. The van der Waals surface area contributed by atoms with E-state index in [9.17, 15) is 0 Å².